The van der Waals surface area contributed by atoms with Crippen LogP contribution in [-0.4, -0.2) is 116 Å². The van der Waals surface area contributed by atoms with Crippen molar-refractivity contribution in [1.82, 2.24) is 37.2 Å². The van der Waals surface area contributed by atoms with E-state index in [2.05, 4.69) is 54.8 Å². The van der Waals surface area contributed by atoms with E-state index in [1.54, 1.807) is 0 Å². The maximum atomic E-state index is 12.8. The lowest BCUT2D eigenvalue weighted by Gasteiger charge is -2.21. The topological polar surface area (TPSA) is 337 Å². The Bertz CT molecular complexity index is 1260. The molecular weight excluding hydrogens is 652 g/mol. The molecule has 0 aromatic heterocycles. The molecule has 0 saturated carbocycles. The number of carbonyl (C=O) groups excluding carboxylic acids is 8. The van der Waals surface area contributed by atoms with Crippen molar-refractivity contribution >= 4 is 65.8 Å². The number of guanidine groups is 1. The molecule has 0 aliphatic heterocycles. The molecule has 1 aliphatic rings. The number of rotatable bonds is 22. The van der Waals surface area contributed by atoms with E-state index >= 15 is 0 Å². The first-order valence-electron chi connectivity index (χ1n) is 14.7. The van der Waals surface area contributed by atoms with Gasteiger partial charge in [-0.15, -0.1) is 0 Å². The number of carbonyl (C=O) groups is 8. The lowest BCUT2D eigenvalue weighted by atomic mass is 10.0. The van der Waals surface area contributed by atoms with Crippen molar-refractivity contribution in [3.63, 3.8) is 0 Å². The van der Waals surface area contributed by atoms with Crippen LogP contribution in [0.25, 0.3) is 0 Å². The molecule has 20 nitrogen and oxygen atoms in total. The van der Waals surface area contributed by atoms with E-state index in [0.29, 0.717) is 12.8 Å². The number of nitrogens with one attached hydrogen (secondary N) is 7. The van der Waals surface area contributed by atoms with Crippen LogP contribution in [-0.2, 0) is 38.4 Å². The number of nitrogens with two attached hydrogens (primary N) is 4. The van der Waals surface area contributed by atoms with Gasteiger partial charge < -0.3 is 60.2 Å². The summed E-state index contributed by atoms with van der Waals surface area (Å²) < 4.78 is 0. The molecule has 48 heavy (non-hydrogen) atoms. The largest absolute Gasteiger partial charge is 0.370 e. The molecule has 21 heteroatoms. The fraction of sp³-hybridized carbons (Fsp3) is 0.519. The predicted octanol–water partition coefficient (Wildman–Crippen LogP) is -6.53. The van der Waals surface area contributed by atoms with Gasteiger partial charge in [-0.2, -0.15) is 12.6 Å². The van der Waals surface area contributed by atoms with Gasteiger partial charge in [0.25, 0.3) is 0 Å². The zero-order chi connectivity index (χ0) is 36.1. The molecule has 0 aromatic carbocycles. The summed E-state index contributed by atoms with van der Waals surface area (Å²) in [5, 5.41) is 16.2. The predicted molar refractivity (Wildman–Crippen MR) is 176 cm³/mol. The monoisotopic (exact) mass is 696 g/mol. The molecule has 1 aliphatic carbocycles. The average molecular weight is 697 g/mol. The van der Waals surface area contributed by atoms with Crippen molar-refractivity contribution in [3.05, 3.63) is 24.3 Å². The maximum Gasteiger partial charge on any atom is 0.243 e. The van der Waals surface area contributed by atoms with E-state index in [-0.39, 0.29) is 30.6 Å². The molecule has 0 aromatic rings. The molecule has 15 N–H and O–H groups in total. The highest BCUT2D eigenvalue weighted by Crippen LogP contribution is 2.15. The fourth-order valence-corrected chi connectivity index (χ4v) is 4.07. The molecule has 1 rings (SSSR count). The highest BCUT2D eigenvalue weighted by atomic mass is 32.1. The summed E-state index contributed by atoms with van der Waals surface area (Å²) in [7, 11) is 0. The van der Waals surface area contributed by atoms with E-state index in [9.17, 15) is 38.4 Å². The zero-order valence-corrected chi connectivity index (χ0v) is 27.1. The number of hydrogen-bond donors (Lipinski definition) is 12. The normalized spacial score (nSPS) is 13.6. The molecule has 0 spiro atoms. The molecule has 3 atom stereocenters. The summed E-state index contributed by atoms with van der Waals surface area (Å²) in [4.78, 5) is 100. The Morgan fingerprint density at radius 1 is 0.667 bits per heavy atom. The number of amides is 8. The van der Waals surface area contributed by atoms with Gasteiger partial charge in [0.2, 0.25) is 47.3 Å². The van der Waals surface area contributed by atoms with Crippen molar-refractivity contribution < 1.29 is 38.4 Å². The molecule has 0 saturated heterocycles. The van der Waals surface area contributed by atoms with Crippen LogP contribution in [0.1, 0.15) is 19.3 Å². The third-order valence-corrected chi connectivity index (χ3v) is 6.70. The highest BCUT2D eigenvalue weighted by molar-refractivity contribution is 7.80. The molecule has 0 heterocycles. The highest BCUT2D eigenvalue weighted by Gasteiger charge is 2.25. The van der Waals surface area contributed by atoms with Gasteiger partial charge in [-0.1, -0.05) is 24.3 Å². The summed E-state index contributed by atoms with van der Waals surface area (Å²) in [5.41, 5.74) is 21.7. The second-order valence-electron chi connectivity index (χ2n) is 10.3. The van der Waals surface area contributed by atoms with E-state index in [0.717, 1.165) is 0 Å². The van der Waals surface area contributed by atoms with Gasteiger partial charge in [0, 0.05) is 12.3 Å². The molecule has 0 bridgehead atoms. The smallest absolute Gasteiger partial charge is 0.243 e. The van der Waals surface area contributed by atoms with Crippen LogP contribution in [0.4, 0.5) is 0 Å². The molecule has 0 unspecified atom stereocenters. The van der Waals surface area contributed by atoms with Gasteiger partial charge in [0.1, 0.15) is 12.1 Å². The van der Waals surface area contributed by atoms with Crippen LogP contribution < -0.4 is 60.2 Å². The number of allylic oxidation sites excluding steroid dienone is 4. The van der Waals surface area contributed by atoms with Crippen LogP contribution in [0.3, 0.4) is 0 Å². The summed E-state index contributed by atoms with van der Waals surface area (Å²) in [6.07, 6.45) is 8.28. The molecule has 0 fully saturated rings. The van der Waals surface area contributed by atoms with Crippen molar-refractivity contribution in [1.29, 1.82) is 0 Å². The van der Waals surface area contributed by atoms with Crippen molar-refractivity contribution in [2.45, 2.75) is 37.4 Å². The SMILES string of the molecule is NC(=O)[C@H](CS)NC(=O)CNC(=O)CNC(=O)CNC(=O)CNC(=O)CNC(=O)[C@H](CCCN=C(N)N)NC(=O)[C@@H](N)CC1C=CC=C1. The average Bonchev–Trinajstić information content (AvgIpc) is 3.56. The minimum atomic E-state index is -1.05. The lowest BCUT2D eigenvalue weighted by molar-refractivity contribution is -0.131. The summed E-state index contributed by atoms with van der Waals surface area (Å²) in [6.45, 7) is -2.39. The van der Waals surface area contributed by atoms with E-state index in [4.69, 9.17) is 22.9 Å². The van der Waals surface area contributed by atoms with Crippen LogP contribution >= 0.6 is 12.6 Å². The summed E-state index contributed by atoms with van der Waals surface area (Å²) in [6, 6.07) is -2.95. The van der Waals surface area contributed by atoms with Crippen LogP contribution in [0.15, 0.2) is 29.3 Å². The fourth-order valence-electron chi connectivity index (χ4n) is 3.79. The Labute approximate surface area is 281 Å². The van der Waals surface area contributed by atoms with Crippen molar-refractivity contribution in [2.24, 2.45) is 33.8 Å². The number of hydrogen-bond acceptors (Lipinski definition) is 11. The van der Waals surface area contributed by atoms with Crippen LogP contribution in [0.2, 0.25) is 0 Å². The van der Waals surface area contributed by atoms with Crippen molar-refractivity contribution in [2.75, 3.05) is 45.0 Å². The number of thiol groups is 1. The number of nitrogens with zero attached hydrogens (tertiary/aromatic N) is 1. The van der Waals surface area contributed by atoms with Crippen molar-refractivity contribution in [3.8, 4) is 0 Å². The number of primary amides is 1. The first-order chi connectivity index (χ1) is 22.7. The molecule has 266 valence electrons. The third-order valence-electron chi connectivity index (χ3n) is 6.34. The maximum absolute atomic E-state index is 12.8. The van der Waals surface area contributed by atoms with Gasteiger partial charge in [-0.05, 0) is 25.2 Å². The van der Waals surface area contributed by atoms with Crippen LogP contribution in [0, 0.1) is 5.92 Å². The quantitative estimate of drug-likeness (QED) is 0.0218. The van der Waals surface area contributed by atoms with Gasteiger partial charge in [-0.25, -0.2) is 0 Å². The Kier molecular flexibility index (Phi) is 19.0. The molecular formula is C27H44N12O8S. The molecule has 0 radical (unpaired) electrons. The Balaban J connectivity index is 2.40. The number of aliphatic imine (C=N–C) groups is 1. The van der Waals surface area contributed by atoms with Gasteiger partial charge in [-0.3, -0.25) is 43.3 Å². The summed E-state index contributed by atoms with van der Waals surface area (Å²) in [5.74, 6) is -5.83. The third kappa shape index (κ3) is 18.1. The zero-order valence-electron chi connectivity index (χ0n) is 26.2. The minimum Gasteiger partial charge on any atom is -0.370 e. The second-order valence-corrected chi connectivity index (χ2v) is 10.7. The minimum absolute atomic E-state index is 0.00272. The Morgan fingerprint density at radius 3 is 1.60 bits per heavy atom. The van der Waals surface area contributed by atoms with Crippen LogP contribution in [0.5, 0.6) is 0 Å². The Hall–Kier alpha value is -5.18. The van der Waals surface area contributed by atoms with E-state index in [1.807, 2.05) is 24.3 Å². The standard InChI is InChI=1S/C27H44N12O8S/c28-16(8-15-4-1-2-5-15)25(46)39-17(6-3-7-32-27(30)31)26(47)37-12-22(43)35-10-20(41)33-9-19(40)34-11-21(42)36-13-23(44)38-18(14-48)24(29)45/h1-2,4-5,15-18,48H,3,6-14,28H2,(H2,29,45)(H,33,41)(H,34,40)(H,35,43)(H,36,42)(H,37,47)(H,38,44)(H,39,46)(H4,30,31,32)/t16-,17-,18-/m0/s1. The lowest BCUT2D eigenvalue weighted by Crippen LogP contribution is -2.53. The van der Waals surface area contributed by atoms with Gasteiger partial charge in [0.05, 0.1) is 38.8 Å². The first kappa shape index (κ1) is 40.8. The molecule has 8 amide bonds. The first-order valence-corrected chi connectivity index (χ1v) is 15.3. The Morgan fingerprint density at radius 2 is 1.15 bits per heavy atom. The van der Waals surface area contributed by atoms with E-state index in [1.165, 1.54) is 0 Å². The summed E-state index contributed by atoms with van der Waals surface area (Å²) >= 11 is 3.88. The second kappa shape index (κ2) is 22.4. The van der Waals surface area contributed by atoms with E-state index < -0.39 is 98.1 Å². The van der Waals surface area contributed by atoms with Gasteiger partial charge >= 0.3 is 0 Å². The van der Waals surface area contributed by atoms with Gasteiger partial charge in [0.15, 0.2) is 5.96 Å².